The van der Waals surface area contributed by atoms with E-state index in [1.54, 1.807) is 6.07 Å². The van der Waals surface area contributed by atoms with Crippen LogP contribution in [0.2, 0.25) is 0 Å². The zero-order valence-electron chi connectivity index (χ0n) is 7.36. The van der Waals surface area contributed by atoms with Crippen LogP contribution in [0, 0.1) is 0 Å². The number of aromatic hydroxyl groups is 1. The van der Waals surface area contributed by atoms with Crippen LogP contribution in [-0.2, 0) is 6.42 Å². The summed E-state index contributed by atoms with van der Waals surface area (Å²) in [6.45, 7) is 0.508. The number of fused-ring (bicyclic) bond motifs is 1. The molecule has 0 saturated carbocycles. The molecule has 3 nitrogen and oxygen atoms in total. The van der Waals surface area contributed by atoms with Crippen molar-refractivity contribution in [1.82, 2.24) is 0 Å². The minimum atomic E-state index is 0.0563. The van der Waals surface area contributed by atoms with E-state index in [2.05, 4.69) is 0 Å². The quantitative estimate of drug-likeness (QED) is 0.677. The van der Waals surface area contributed by atoms with Crippen molar-refractivity contribution >= 4 is 0 Å². The molecular formula is C10H13NO2. The lowest BCUT2D eigenvalue weighted by atomic mass is 10.0. The van der Waals surface area contributed by atoms with Crippen molar-refractivity contribution in [3.8, 4) is 11.5 Å². The molecule has 0 spiro atoms. The average molecular weight is 179 g/mol. The van der Waals surface area contributed by atoms with Crippen molar-refractivity contribution in [2.75, 3.05) is 6.54 Å². The molecule has 13 heavy (non-hydrogen) atoms. The SMILES string of the molecule is NC[C@@H]1CCc2cccc(O)c2O1. The molecule has 1 aromatic rings. The maximum absolute atomic E-state index is 9.50. The molecule has 70 valence electrons. The lowest BCUT2D eigenvalue weighted by Crippen LogP contribution is -2.30. The van der Waals surface area contributed by atoms with E-state index >= 15 is 0 Å². The van der Waals surface area contributed by atoms with Gasteiger partial charge in [0.25, 0.3) is 0 Å². The van der Waals surface area contributed by atoms with Crippen molar-refractivity contribution in [1.29, 1.82) is 0 Å². The predicted molar refractivity (Wildman–Crippen MR) is 49.9 cm³/mol. The number of phenolic OH excluding ortho intramolecular Hbond substituents is 1. The van der Waals surface area contributed by atoms with Crippen molar-refractivity contribution in [2.24, 2.45) is 5.73 Å². The number of nitrogens with two attached hydrogens (primary N) is 1. The molecule has 0 radical (unpaired) electrons. The van der Waals surface area contributed by atoms with Crippen molar-refractivity contribution in [3.63, 3.8) is 0 Å². The molecule has 1 heterocycles. The van der Waals surface area contributed by atoms with E-state index in [1.165, 1.54) is 0 Å². The number of aryl methyl sites for hydroxylation is 1. The molecule has 1 aliphatic heterocycles. The summed E-state index contributed by atoms with van der Waals surface area (Å²) in [5, 5.41) is 9.50. The summed E-state index contributed by atoms with van der Waals surface area (Å²) >= 11 is 0. The molecule has 3 heteroatoms. The Morgan fingerprint density at radius 2 is 2.38 bits per heavy atom. The van der Waals surface area contributed by atoms with Gasteiger partial charge in [-0.25, -0.2) is 0 Å². The van der Waals surface area contributed by atoms with Gasteiger partial charge in [0.2, 0.25) is 0 Å². The summed E-state index contributed by atoms with van der Waals surface area (Å²) in [6.07, 6.45) is 1.93. The lowest BCUT2D eigenvalue weighted by molar-refractivity contribution is 0.174. The van der Waals surface area contributed by atoms with Crippen LogP contribution in [0.15, 0.2) is 18.2 Å². The van der Waals surface area contributed by atoms with Gasteiger partial charge in [-0.05, 0) is 24.5 Å². The van der Waals surface area contributed by atoms with Gasteiger partial charge in [0.1, 0.15) is 6.10 Å². The molecule has 1 atom stereocenters. The minimum Gasteiger partial charge on any atom is -0.504 e. The normalized spacial score (nSPS) is 20.5. The van der Waals surface area contributed by atoms with Gasteiger partial charge in [-0.1, -0.05) is 12.1 Å². The largest absolute Gasteiger partial charge is 0.504 e. The molecule has 0 saturated heterocycles. The fourth-order valence-corrected chi connectivity index (χ4v) is 1.61. The van der Waals surface area contributed by atoms with Crippen molar-refractivity contribution in [3.05, 3.63) is 23.8 Å². The van der Waals surface area contributed by atoms with Crippen LogP contribution in [0.3, 0.4) is 0 Å². The average Bonchev–Trinajstić information content (AvgIpc) is 2.18. The zero-order valence-corrected chi connectivity index (χ0v) is 7.36. The van der Waals surface area contributed by atoms with E-state index in [9.17, 15) is 5.11 Å². The Morgan fingerprint density at radius 3 is 3.15 bits per heavy atom. The first kappa shape index (κ1) is 8.38. The van der Waals surface area contributed by atoms with E-state index in [4.69, 9.17) is 10.5 Å². The number of para-hydroxylation sites is 1. The number of hydrogen-bond acceptors (Lipinski definition) is 3. The zero-order chi connectivity index (χ0) is 9.26. The Labute approximate surface area is 77.1 Å². The van der Waals surface area contributed by atoms with Gasteiger partial charge in [-0.15, -0.1) is 0 Å². The van der Waals surface area contributed by atoms with E-state index in [-0.39, 0.29) is 11.9 Å². The van der Waals surface area contributed by atoms with E-state index in [1.807, 2.05) is 12.1 Å². The summed E-state index contributed by atoms with van der Waals surface area (Å²) in [6, 6.07) is 5.44. The highest BCUT2D eigenvalue weighted by Gasteiger charge is 2.20. The predicted octanol–water partition coefficient (Wildman–Crippen LogP) is 1.04. The number of ether oxygens (including phenoxy) is 1. The Bertz CT molecular complexity index is 312. The van der Waals surface area contributed by atoms with Crippen LogP contribution in [0.1, 0.15) is 12.0 Å². The van der Waals surface area contributed by atoms with E-state index in [0.717, 1.165) is 18.4 Å². The summed E-state index contributed by atoms with van der Waals surface area (Å²) < 4.78 is 5.54. The highest BCUT2D eigenvalue weighted by Crippen LogP contribution is 2.35. The van der Waals surface area contributed by atoms with Gasteiger partial charge in [-0.2, -0.15) is 0 Å². The molecule has 1 aliphatic rings. The van der Waals surface area contributed by atoms with E-state index < -0.39 is 0 Å². The fraction of sp³-hybridized carbons (Fsp3) is 0.400. The third-order valence-corrected chi connectivity index (χ3v) is 2.36. The number of benzene rings is 1. The highest BCUT2D eigenvalue weighted by molar-refractivity contribution is 5.46. The minimum absolute atomic E-state index is 0.0563. The molecule has 3 N–H and O–H groups in total. The van der Waals surface area contributed by atoms with Crippen LogP contribution in [0.5, 0.6) is 11.5 Å². The van der Waals surface area contributed by atoms with Crippen LogP contribution < -0.4 is 10.5 Å². The Hall–Kier alpha value is -1.22. The van der Waals surface area contributed by atoms with Gasteiger partial charge in [0.05, 0.1) is 0 Å². The van der Waals surface area contributed by atoms with Crippen LogP contribution in [-0.4, -0.2) is 17.8 Å². The molecule has 0 unspecified atom stereocenters. The highest BCUT2D eigenvalue weighted by atomic mass is 16.5. The van der Waals surface area contributed by atoms with Gasteiger partial charge in [-0.3, -0.25) is 0 Å². The van der Waals surface area contributed by atoms with Crippen LogP contribution >= 0.6 is 0 Å². The summed E-state index contributed by atoms with van der Waals surface area (Å²) in [4.78, 5) is 0. The monoisotopic (exact) mass is 179 g/mol. The van der Waals surface area contributed by atoms with E-state index in [0.29, 0.717) is 12.3 Å². The first-order valence-electron chi connectivity index (χ1n) is 4.49. The molecule has 1 aromatic carbocycles. The number of phenols is 1. The van der Waals surface area contributed by atoms with Crippen LogP contribution in [0.4, 0.5) is 0 Å². The van der Waals surface area contributed by atoms with Gasteiger partial charge in [0.15, 0.2) is 11.5 Å². The number of hydrogen-bond donors (Lipinski definition) is 2. The van der Waals surface area contributed by atoms with Crippen molar-refractivity contribution < 1.29 is 9.84 Å². The Kier molecular flexibility index (Phi) is 2.10. The topological polar surface area (TPSA) is 55.5 Å². The molecule has 0 aromatic heterocycles. The standard InChI is InChI=1S/C10H13NO2/c11-6-8-5-4-7-2-1-3-9(12)10(7)13-8/h1-3,8,12H,4-6,11H2/t8-/m0/s1. The van der Waals surface area contributed by atoms with Gasteiger partial charge < -0.3 is 15.6 Å². The second kappa shape index (κ2) is 3.26. The summed E-state index contributed by atoms with van der Waals surface area (Å²) in [5.74, 6) is 0.833. The molecular weight excluding hydrogens is 166 g/mol. The Morgan fingerprint density at radius 1 is 1.54 bits per heavy atom. The maximum atomic E-state index is 9.50. The number of rotatable bonds is 1. The van der Waals surface area contributed by atoms with Gasteiger partial charge in [0, 0.05) is 6.54 Å². The molecule has 2 rings (SSSR count). The van der Waals surface area contributed by atoms with Gasteiger partial charge >= 0.3 is 0 Å². The first-order chi connectivity index (χ1) is 6.31. The lowest BCUT2D eigenvalue weighted by Gasteiger charge is -2.25. The Balaban J connectivity index is 2.32. The second-order valence-electron chi connectivity index (χ2n) is 3.28. The third-order valence-electron chi connectivity index (χ3n) is 2.36. The smallest absolute Gasteiger partial charge is 0.164 e. The fourth-order valence-electron chi connectivity index (χ4n) is 1.61. The summed E-state index contributed by atoms with van der Waals surface area (Å²) in [5.41, 5.74) is 6.58. The van der Waals surface area contributed by atoms with Crippen LogP contribution in [0.25, 0.3) is 0 Å². The molecule has 0 amide bonds. The first-order valence-corrected chi connectivity index (χ1v) is 4.49. The van der Waals surface area contributed by atoms with Crippen molar-refractivity contribution in [2.45, 2.75) is 18.9 Å². The maximum Gasteiger partial charge on any atom is 0.164 e. The third kappa shape index (κ3) is 1.47. The second-order valence-corrected chi connectivity index (χ2v) is 3.28. The molecule has 0 aliphatic carbocycles. The molecule has 0 bridgehead atoms. The molecule has 0 fully saturated rings. The summed E-state index contributed by atoms with van der Waals surface area (Å²) in [7, 11) is 0.